The summed E-state index contributed by atoms with van der Waals surface area (Å²) in [5.74, 6) is 2.38. The fraction of sp³-hybridized carbons (Fsp3) is 0.254. The van der Waals surface area contributed by atoms with Crippen LogP contribution in [-0.4, -0.2) is 69.0 Å². The summed E-state index contributed by atoms with van der Waals surface area (Å²) in [4.78, 5) is 9.18. The van der Waals surface area contributed by atoms with Crippen molar-refractivity contribution in [2.45, 2.75) is 73.2 Å². The first-order chi connectivity index (χ1) is 37.3. The van der Waals surface area contributed by atoms with Crippen molar-refractivity contribution < 1.29 is 51.1 Å². The minimum atomic E-state index is -0.742. The number of aryl methyl sites for hydroxylation is 1. The van der Waals surface area contributed by atoms with Gasteiger partial charge in [-0.25, -0.2) is 36.3 Å². The van der Waals surface area contributed by atoms with E-state index in [1.807, 2.05) is 61.1 Å². The van der Waals surface area contributed by atoms with E-state index in [1.165, 1.54) is 48.2 Å². The quantitative estimate of drug-likeness (QED) is 0.0466. The lowest BCUT2D eigenvalue weighted by molar-refractivity contribution is 0.288. The predicted octanol–water partition coefficient (Wildman–Crippen LogP) is 14.0. The van der Waals surface area contributed by atoms with Crippen molar-refractivity contribution in [1.29, 1.82) is 0 Å². The SMILES string of the molecule is CO.COc1cc(C(C)(C)c2cnc(SCc3c(F)cc(C#CCO)cc3F)n2-c2ccc(F)cc2)ccc1Cl.COc1cc(C(C)(C)c2cnc(SCc3c(F)cc(CCCO)cc3F)n2-c2ccc(F)cc2)ccc1Cl. The molecule has 0 saturated carbocycles. The lowest BCUT2D eigenvalue weighted by Crippen LogP contribution is -2.23. The van der Waals surface area contributed by atoms with Crippen LogP contribution in [0, 0.1) is 46.7 Å². The Morgan fingerprint density at radius 3 is 1.35 bits per heavy atom. The molecule has 0 spiro atoms. The van der Waals surface area contributed by atoms with Crippen molar-refractivity contribution >= 4 is 46.7 Å². The van der Waals surface area contributed by atoms with Crippen molar-refractivity contribution in [1.82, 2.24) is 19.1 Å². The van der Waals surface area contributed by atoms with Gasteiger partial charge in [0.2, 0.25) is 0 Å². The van der Waals surface area contributed by atoms with Gasteiger partial charge in [0.15, 0.2) is 10.3 Å². The smallest absolute Gasteiger partial charge is 0.173 e. The van der Waals surface area contributed by atoms with Crippen LogP contribution in [0.15, 0.2) is 132 Å². The van der Waals surface area contributed by atoms with Crippen LogP contribution in [0.4, 0.5) is 26.3 Å². The average molecular weight is 1150 g/mol. The van der Waals surface area contributed by atoms with E-state index < -0.39 is 40.7 Å². The maximum Gasteiger partial charge on any atom is 0.173 e. The number of rotatable bonds is 17. The fourth-order valence-corrected chi connectivity index (χ4v) is 10.7. The van der Waals surface area contributed by atoms with Gasteiger partial charge in [-0.3, -0.25) is 9.13 Å². The first kappa shape index (κ1) is 60.9. The van der Waals surface area contributed by atoms with Crippen molar-refractivity contribution in [2.24, 2.45) is 0 Å². The highest BCUT2D eigenvalue weighted by molar-refractivity contribution is 7.98. The predicted molar refractivity (Wildman–Crippen MR) is 297 cm³/mol. The molecular weight excluding hydrogens is 1090 g/mol. The number of imidazole rings is 2. The Bertz CT molecular complexity index is 3360. The third kappa shape index (κ3) is 14.3. The number of ether oxygens (including phenoxy) is 2. The highest BCUT2D eigenvalue weighted by atomic mass is 35.5. The van der Waals surface area contributed by atoms with Gasteiger partial charge >= 0.3 is 0 Å². The van der Waals surface area contributed by atoms with Crippen molar-refractivity contribution in [3.63, 3.8) is 0 Å². The average Bonchev–Trinajstić information content (AvgIpc) is 4.26. The van der Waals surface area contributed by atoms with Gasteiger partial charge in [-0.15, -0.1) is 0 Å². The van der Waals surface area contributed by atoms with Crippen LogP contribution in [0.1, 0.15) is 78.9 Å². The van der Waals surface area contributed by atoms with Crippen LogP contribution in [0.2, 0.25) is 10.0 Å². The summed E-state index contributed by atoms with van der Waals surface area (Å²) in [6, 6.07) is 27.9. The van der Waals surface area contributed by atoms with Crippen molar-refractivity contribution in [3.05, 3.63) is 211 Å². The Hall–Kier alpha value is -6.36. The molecule has 0 aliphatic rings. The number of thioether (sulfide) groups is 2. The second-order valence-corrected chi connectivity index (χ2v) is 20.9. The molecule has 0 unspecified atom stereocenters. The second-order valence-electron chi connectivity index (χ2n) is 18.2. The molecule has 8 aromatic rings. The van der Waals surface area contributed by atoms with Crippen LogP contribution < -0.4 is 9.47 Å². The van der Waals surface area contributed by atoms with E-state index in [4.69, 9.17) is 48.0 Å². The molecule has 0 fully saturated rings. The second kappa shape index (κ2) is 27.5. The highest BCUT2D eigenvalue weighted by Gasteiger charge is 2.32. The molecule has 78 heavy (non-hydrogen) atoms. The van der Waals surface area contributed by atoms with Crippen LogP contribution >= 0.6 is 46.7 Å². The molecule has 410 valence electrons. The zero-order valence-electron chi connectivity index (χ0n) is 43.6. The highest BCUT2D eigenvalue weighted by Crippen LogP contribution is 2.42. The van der Waals surface area contributed by atoms with E-state index in [0.717, 1.165) is 53.5 Å². The van der Waals surface area contributed by atoms with Gasteiger partial charge in [0, 0.05) is 64.1 Å². The van der Waals surface area contributed by atoms with Crippen molar-refractivity contribution in [3.8, 4) is 34.7 Å². The molecule has 0 bridgehead atoms. The van der Waals surface area contributed by atoms with Crippen LogP contribution in [-0.2, 0) is 28.8 Å². The molecule has 0 atom stereocenters. The molecule has 9 nitrogen and oxygen atoms in total. The summed E-state index contributed by atoms with van der Waals surface area (Å²) in [5, 5.41) is 26.8. The molecule has 8 rings (SSSR count). The number of aromatic nitrogens is 4. The summed E-state index contributed by atoms with van der Waals surface area (Å²) in [7, 11) is 4.09. The zero-order valence-corrected chi connectivity index (χ0v) is 46.7. The number of aliphatic hydroxyl groups excluding tert-OH is 3. The van der Waals surface area contributed by atoms with E-state index in [-0.39, 0.29) is 46.4 Å². The van der Waals surface area contributed by atoms with Gasteiger partial charge in [-0.1, -0.05) is 98.4 Å². The summed E-state index contributed by atoms with van der Waals surface area (Å²) < 4.78 is 101. The van der Waals surface area contributed by atoms with Crippen molar-refractivity contribution in [2.75, 3.05) is 34.5 Å². The molecule has 2 heterocycles. The Kier molecular flexibility index (Phi) is 21.4. The Morgan fingerprint density at radius 1 is 0.577 bits per heavy atom. The van der Waals surface area contributed by atoms with Gasteiger partial charge in [0.05, 0.1) is 48.0 Å². The first-order valence-electron chi connectivity index (χ1n) is 24.0. The molecule has 0 radical (unpaired) electrons. The van der Waals surface area contributed by atoms with Gasteiger partial charge in [0.25, 0.3) is 0 Å². The summed E-state index contributed by atoms with van der Waals surface area (Å²) in [6.07, 6.45) is 4.24. The maximum atomic E-state index is 14.8. The minimum absolute atomic E-state index is 0.00475. The van der Waals surface area contributed by atoms with Crippen LogP contribution in [0.5, 0.6) is 11.5 Å². The van der Waals surface area contributed by atoms with E-state index in [9.17, 15) is 26.3 Å². The number of nitrogens with zero attached hydrogens (tertiary/aromatic N) is 4. The molecule has 3 N–H and O–H groups in total. The minimum Gasteiger partial charge on any atom is -0.495 e. The number of aliphatic hydroxyl groups is 3. The summed E-state index contributed by atoms with van der Waals surface area (Å²) in [6.45, 7) is 7.60. The monoisotopic (exact) mass is 1150 g/mol. The van der Waals surface area contributed by atoms with Gasteiger partial charge in [-0.2, -0.15) is 0 Å². The van der Waals surface area contributed by atoms with Crippen LogP contribution in [0.25, 0.3) is 11.4 Å². The van der Waals surface area contributed by atoms with E-state index in [0.29, 0.717) is 61.6 Å². The Morgan fingerprint density at radius 2 is 0.974 bits per heavy atom. The van der Waals surface area contributed by atoms with Crippen LogP contribution in [0.3, 0.4) is 0 Å². The molecular formula is C59H56Cl2F6N4O5S2. The zero-order chi connectivity index (χ0) is 56.9. The van der Waals surface area contributed by atoms with E-state index >= 15 is 0 Å². The molecule has 2 aromatic heterocycles. The molecule has 6 aromatic carbocycles. The van der Waals surface area contributed by atoms with Gasteiger partial charge < -0.3 is 24.8 Å². The maximum absolute atomic E-state index is 14.8. The number of halogens is 8. The number of benzene rings is 6. The van der Waals surface area contributed by atoms with E-state index in [1.54, 1.807) is 63.0 Å². The summed E-state index contributed by atoms with van der Waals surface area (Å²) >= 11 is 14.8. The number of hydrogen-bond donors (Lipinski definition) is 3. The molecule has 0 aliphatic heterocycles. The first-order valence-corrected chi connectivity index (χ1v) is 26.8. The van der Waals surface area contributed by atoms with Gasteiger partial charge in [-0.05, 0) is 127 Å². The largest absolute Gasteiger partial charge is 0.495 e. The summed E-state index contributed by atoms with van der Waals surface area (Å²) in [5.41, 5.74) is 3.93. The third-order valence-electron chi connectivity index (χ3n) is 12.6. The Labute approximate surface area is 468 Å². The molecule has 0 aliphatic carbocycles. The standard InChI is InChI=1S/C29H28ClF3N2O2S.C29H24ClF3N2O2S.CH4O/c2*1-29(2,19-6-11-23(30)26(15-19)37-3)27-16-34-28(35(27)21-9-7-20(31)8-10-21)38-17-22-24(32)13-18(5-4-12-36)14-25(22)33;1-2/h6-11,13-16,36H,4-5,12,17H2,1-3H3;6-11,13-16,36H,12,17H2,1-3H3;2H,1H3. The number of methoxy groups -OCH3 is 2. The third-order valence-corrected chi connectivity index (χ3v) is 15.2. The normalized spacial score (nSPS) is 11.3. The molecule has 0 amide bonds. The molecule has 19 heteroatoms. The number of hydrogen-bond acceptors (Lipinski definition) is 9. The lowest BCUT2D eigenvalue weighted by Gasteiger charge is -2.28. The lowest BCUT2D eigenvalue weighted by atomic mass is 9.81. The van der Waals surface area contributed by atoms with E-state index in [2.05, 4.69) is 21.8 Å². The Balaban J connectivity index is 0.000000245. The fourth-order valence-electron chi connectivity index (χ4n) is 8.28. The molecule has 0 saturated heterocycles. The topological polar surface area (TPSA) is 115 Å². The van der Waals surface area contributed by atoms with Gasteiger partial charge in [0.1, 0.15) is 53.0 Å².